The number of methoxy groups -OCH3 is 1. The molecule has 0 N–H and O–H groups in total. The molecule has 1 fully saturated rings. The molecular formula is C27H22F2O5. The third-order valence-corrected chi connectivity index (χ3v) is 6.52. The molecule has 0 unspecified atom stereocenters. The molecule has 1 aliphatic heterocycles. The van der Waals surface area contributed by atoms with Gasteiger partial charge in [0, 0.05) is 12.0 Å². The third-order valence-electron chi connectivity index (χ3n) is 6.52. The van der Waals surface area contributed by atoms with Gasteiger partial charge < -0.3 is 14.2 Å². The zero-order chi connectivity index (χ0) is 24.1. The van der Waals surface area contributed by atoms with Gasteiger partial charge in [-0.3, -0.25) is 9.59 Å². The first-order valence-corrected chi connectivity index (χ1v) is 10.9. The molecule has 0 atom stereocenters. The summed E-state index contributed by atoms with van der Waals surface area (Å²) in [4.78, 5) is 24.7. The van der Waals surface area contributed by atoms with Gasteiger partial charge in [0.1, 0.15) is 17.8 Å². The number of ether oxygens (including phenoxy) is 3. The summed E-state index contributed by atoms with van der Waals surface area (Å²) < 4.78 is 41.1. The molecule has 5 rings (SSSR count). The number of aryl methyl sites for hydroxylation is 1. The fraction of sp³-hybridized carbons (Fsp3) is 0.259. The van der Waals surface area contributed by atoms with Crippen LogP contribution in [0.3, 0.4) is 0 Å². The van der Waals surface area contributed by atoms with Gasteiger partial charge in [0.05, 0.1) is 12.5 Å². The Morgan fingerprint density at radius 2 is 1.79 bits per heavy atom. The molecule has 3 aromatic rings. The summed E-state index contributed by atoms with van der Waals surface area (Å²) >= 11 is 0. The van der Waals surface area contributed by atoms with Gasteiger partial charge in [0.15, 0.2) is 11.5 Å². The molecule has 0 saturated heterocycles. The number of Topliss-reactive ketones (excluding diaryl/α,β-unsaturated/α-hetero) is 1. The Hall–Kier alpha value is -3.74. The first-order valence-electron chi connectivity index (χ1n) is 10.9. The molecule has 1 saturated carbocycles. The number of benzene rings is 3. The highest BCUT2D eigenvalue weighted by atomic mass is 19.3. The van der Waals surface area contributed by atoms with E-state index in [0.717, 1.165) is 28.5 Å². The summed E-state index contributed by atoms with van der Waals surface area (Å²) in [5.74, 6) is 0.509. The molecule has 5 nitrogen and oxygen atoms in total. The van der Waals surface area contributed by atoms with Crippen LogP contribution in [0.15, 0.2) is 54.6 Å². The molecule has 0 spiro atoms. The van der Waals surface area contributed by atoms with E-state index >= 15 is 0 Å². The van der Waals surface area contributed by atoms with Crippen molar-refractivity contribution < 1.29 is 32.6 Å². The minimum atomic E-state index is -3.69. The van der Waals surface area contributed by atoms with Gasteiger partial charge in [0.2, 0.25) is 0 Å². The van der Waals surface area contributed by atoms with Gasteiger partial charge in [-0.2, -0.15) is 0 Å². The molecular weight excluding hydrogens is 442 g/mol. The van der Waals surface area contributed by atoms with Crippen molar-refractivity contribution in [3.8, 4) is 28.4 Å². The van der Waals surface area contributed by atoms with E-state index in [9.17, 15) is 18.4 Å². The molecule has 34 heavy (non-hydrogen) atoms. The fourth-order valence-electron chi connectivity index (χ4n) is 4.51. The smallest absolute Gasteiger partial charge is 0.497 e. The first kappa shape index (κ1) is 22.1. The average molecular weight is 464 g/mol. The van der Waals surface area contributed by atoms with Crippen LogP contribution in [0.2, 0.25) is 0 Å². The van der Waals surface area contributed by atoms with Crippen molar-refractivity contribution in [2.45, 2.75) is 37.9 Å². The van der Waals surface area contributed by atoms with Crippen LogP contribution in [-0.4, -0.2) is 25.5 Å². The highest BCUT2D eigenvalue weighted by molar-refractivity contribution is 5.95. The number of ketones is 1. The van der Waals surface area contributed by atoms with E-state index in [0.29, 0.717) is 29.7 Å². The van der Waals surface area contributed by atoms with Crippen molar-refractivity contribution in [3.63, 3.8) is 0 Å². The maximum Gasteiger partial charge on any atom is 0.586 e. The van der Waals surface area contributed by atoms with Crippen LogP contribution >= 0.6 is 0 Å². The van der Waals surface area contributed by atoms with Crippen molar-refractivity contribution in [1.29, 1.82) is 0 Å². The van der Waals surface area contributed by atoms with E-state index in [1.165, 1.54) is 12.1 Å². The Bertz CT molecular complexity index is 1310. The second-order valence-corrected chi connectivity index (χ2v) is 8.77. The van der Waals surface area contributed by atoms with Gasteiger partial charge in [0.25, 0.3) is 0 Å². The molecule has 7 heteroatoms. The summed E-state index contributed by atoms with van der Waals surface area (Å²) in [5.41, 5.74) is 4.02. The molecule has 0 radical (unpaired) electrons. The number of fused-ring (bicyclic) bond motifs is 1. The predicted octanol–water partition coefficient (Wildman–Crippen LogP) is 5.65. The van der Waals surface area contributed by atoms with Crippen molar-refractivity contribution in [3.05, 3.63) is 76.9 Å². The molecule has 1 aliphatic carbocycles. The number of carbonyl (C=O) groups is 2. The minimum absolute atomic E-state index is 0.0205. The standard InChI is InChI=1S/C27H22F2O5/c1-16-3-4-17(11-22(16)19-9-18(15-30)10-21(13-19)32-2)12-25(31)26(7-8-26)20-5-6-23-24(14-20)34-27(28,29)33-23/h3-6,9-11,13-15H,7-8,12H2,1-2H3. The third kappa shape index (κ3) is 3.91. The maximum atomic E-state index is 13.4. The monoisotopic (exact) mass is 464 g/mol. The summed E-state index contributed by atoms with van der Waals surface area (Å²) in [6.45, 7) is 1.96. The largest absolute Gasteiger partial charge is 0.586 e. The number of alkyl halides is 2. The Labute approximate surface area is 195 Å². The van der Waals surface area contributed by atoms with E-state index in [1.807, 2.05) is 31.2 Å². The lowest BCUT2D eigenvalue weighted by molar-refractivity contribution is -0.286. The Kier molecular flexibility index (Phi) is 5.15. The number of hydrogen-bond acceptors (Lipinski definition) is 5. The highest BCUT2D eigenvalue weighted by Crippen LogP contribution is 2.52. The van der Waals surface area contributed by atoms with Crippen LogP contribution in [0, 0.1) is 6.92 Å². The molecule has 0 aromatic heterocycles. The SMILES string of the molecule is COc1cc(C=O)cc(-c2cc(CC(=O)C3(c4ccc5c(c4)OC(F)(F)O5)CC3)ccc2C)c1. The van der Waals surface area contributed by atoms with Gasteiger partial charge in [-0.15, -0.1) is 8.78 Å². The molecule has 0 amide bonds. The zero-order valence-corrected chi connectivity index (χ0v) is 18.7. The first-order chi connectivity index (χ1) is 16.2. The van der Waals surface area contributed by atoms with Gasteiger partial charge in [-0.25, -0.2) is 0 Å². The van der Waals surface area contributed by atoms with Crippen LogP contribution in [-0.2, 0) is 16.6 Å². The number of hydrogen-bond donors (Lipinski definition) is 0. The quantitative estimate of drug-likeness (QED) is 0.423. The Morgan fingerprint density at radius 3 is 2.50 bits per heavy atom. The maximum absolute atomic E-state index is 13.4. The number of aldehydes is 1. The highest BCUT2D eigenvalue weighted by Gasteiger charge is 2.52. The minimum Gasteiger partial charge on any atom is -0.497 e. The topological polar surface area (TPSA) is 61.8 Å². The molecule has 0 bridgehead atoms. The van der Waals surface area contributed by atoms with Crippen LogP contribution in [0.1, 0.15) is 39.9 Å². The summed E-state index contributed by atoms with van der Waals surface area (Å²) in [6.07, 6.45) is -1.42. The molecule has 2 aliphatic rings. The van der Waals surface area contributed by atoms with Crippen LogP contribution in [0.4, 0.5) is 8.78 Å². The van der Waals surface area contributed by atoms with E-state index in [4.69, 9.17) is 4.74 Å². The van der Waals surface area contributed by atoms with Gasteiger partial charge >= 0.3 is 6.29 Å². The van der Waals surface area contributed by atoms with E-state index in [2.05, 4.69) is 9.47 Å². The van der Waals surface area contributed by atoms with E-state index in [1.54, 1.807) is 25.3 Å². The molecule has 174 valence electrons. The van der Waals surface area contributed by atoms with Crippen LogP contribution in [0.5, 0.6) is 17.2 Å². The van der Waals surface area contributed by atoms with Crippen molar-refractivity contribution in [2.75, 3.05) is 7.11 Å². The van der Waals surface area contributed by atoms with E-state index in [-0.39, 0.29) is 23.7 Å². The number of rotatable bonds is 7. The lowest BCUT2D eigenvalue weighted by atomic mass is 9.86. The summed E-state index contributed by atoms with van der Waals surface area (Å²) in [5, 5.41) is 0. The summed E-state index contributed by atoms with van der Waals surface area (Å²) in [6, 6.07) is 15.7. The molecule has 3 aromatic carbocycles. The van der Waals surface area contributed by atoms with Crippen molar-refractivity contribution in [1.82, 2.24) is 0 Å². The van der Waals surface area contributed by atoms with Crippen LogP contribution < -0.4 is 14.2 Å². The number of halogens is 2. The predicted molar refractivity (Wildman–Crippen MR) is 121 cm³/mol. The fourth-order valence-corrected chi connectivity index (χ4v) is 4.51. The van der Waals surface area contributed by atoms with Gasteiger partial charge in [-0.05, 0) is 77.9 Å². The lowest BCUT2D eigenvalue weighted by Crippen LogP contribution is -2.26. The number of carbonyl (C=O) groups excluding carboxylic acids is 2. The zero-order valence-electron chi connectivity index (χ0n) is 18.7. The van der Waals surface area contributed by atoms with Crippen molar-refractivity contribution in [2.24, 2.45) is 0 Å². The molecule has 1 heterocycles. The second kappa shape index (κ2) is 7.94. The Morgan fingerprint density at radius 1 is 1.03 bits per heavy atom. The van der Waals surface area contributed by atoms with Gasteiger partial charge in [-0.1, -0.05) is 24.3 Å². The lowest BCUT2D eigenvalue weighted by Gasteiger charge is -2.16. The van der Waals surface area contributed by atoms with Crippen molar-refractivity contribution >= 4 is 12.1 Å². The van der Waals surface area contributed by atoms with Crippen LogP contribution in [0.25, 0.3) is 11.1 Å². The van der Waals surface area contributed by atoms with E-state index < -0.39 is 11.7 Å². The second-order valence-electron chi connectivity index (χ2n) is 8.77. The summed E-state index contributed by atoms with van der Waals surface area (Å²) in [7, 11) is 1.54. The normalized spacial score (nSPS) is 16.7. The average Bonchev–Trinajstić information content (AvgIpc) is 3.57. The Balaban J connectivity index is 1.42.